The van der Waals surface area contributed by atoms with Gasteiger partial charge in [-0.25, -0.2) is 4.79 Å². The van der Waals surface area contributed by atoms with Crippen molar-refractivity contribution in [1.82, 2.24) is 4.98 Å². The third-order valence-corrected chi connectivity index (χ3v) is 4.32. The van der Waals surface area contributed by atoms with Crippen molar-refractivity contribution < 1.29 is 14.3 Å². The highest BCUT2D eigenvalue weighted by Crippen LogP contribution is 2.30. The van der Waals surface area contributed by atoms with Gasteiger partial charge in [-0.15, -0.1) is 0 Å². The van der Waals surface area contributed by atoms with Gasteiger partial charge in [-0.3, -0.25) is 0 Å². The minimum atomic E-state index is -0.619. The Balaban J connectivity index is 1.98. The fourth-order valence-corrected chi connectivity index (χ4v) is 2.95. The SMILES string of the molecule is COC(=O)C(Nc1ccc(OC)cc1)c1c[nH]c2ccc(Br)cc12. The molecule has 0 aliphatic heterocycles. The Hall–Kier alpha value is -2.47. The maximum Gasteiger partial charge on any atom is 0.333 e. The molecule has 0 aliphatic carbocycles. The lowest BCUT2D eigenvalue weighted by molar-refractivity contribution is -0.141. The Kier molecular flexibility index (Phi) is 4.76. The molecular weight excluding hydrogens is 372 g/mol. The molecule has 0 bridgehead atoms. The number of carbonyl (C=O) groups excluding carboxylic acids is 1. The van der Waals surface area contributed by atoms with Crippen LogP contribution in [0.2, 0.25) is 0 Å². The molecule has 1 aromatic heterocycles. The van der Waals surface area contributed by atoms with Crippen LogP contribution in [0.5, 0.6) is 5.75 Å². The fourth-order valence-electron chi connectivity index (χ4n) is 2.59. The molecule has 3 aromatic rings. The fraction of sp³-hybridized carbons (Fsp3) is 0.167. The molecule has 124 valence electrons. The summed E-state index contributed by atoms with van der Waals surface area (Å²) in [5.41, 5.74) is 2.59. The van der Waals surface area contributed by atoms with E-state index in [1.54, 1.807) is 7.11 Å². The van der Waals surface area contributed by atoms with E-state index in [4.69, 9.17) is 9.47 Å². The number of methoxy groups -OCH3 is 2. The monoisotopic (exact) mass is 388 g/mol. The number of fused-ring (bicyclic) bond motifs is 1. The lowest BCUT2D eigenvalue weighted by Gasteiger charge is -2.17. The highest BCUT2D eigenvalue weighted by Gasteiger charge is 2.24. The number of esters is 1. The summed E-state index contributed by atoms with van der Waals surface area (Å²) in [6, 6.07) is 12.7. The summed E-state index contributed by atoms with van der Waals surface area (Å²) in [5, 5.41) is 4.19. The van der Waals surface area contributed by atoms with Gasteiger partial charge >= 0.3 is 5.97 Å². The molecule has 1 heterocycles. The molecule has 0 radical (unpaired) electrons. The highest BCUT2D eigenvalue weighted by atomic mass is 79.9. The van der Waals surface area contributed by atoms with Gasteiger partial charge in [-0.2, -0.15) is 0 Å². The molecule has 3 rings (SSSR count). The largest absolute Gasteiger partial charge is 0.497 e. The van der Waals surface area contributed by atoms with E-state index in [0.29, 0.717) is 0 Å². The zero-order valence-corrected chi connectivity index (χ0v) is 14.9. The molecule has 0 saturated heterocycles. The zero-order chi connectivity index (χ0) is 17.1. The number of ether oxygens (including phenoxy) is 2. The van der Waals surface area contributed by atoms with Gasteiger partial charge in [0.2, 0.25) is 0 Å². The van der Waals surface area contributed by atoms with E-state index in [1.807, 2.05) is 48.7 Å². The zero-order valence-electron chi connectivity index (χ0n) is 13.3. The topological polar surface area (TPSA) is 63.4 Å². The van der Waals surface area contributed by atoms with Crippen molar-refractivity contribution in [1.29, 1.82) is 0 Å². The van der Waals surface area contributed by atoms with Gasteiger partial charge in [0.25, 0.3) is 0 Å². The van der Waals surface area contributed by atoms with Gasteiger partial charge < -0.3 is 19.8 Å². The van der Waals surface area contributed by atoms with Gasteiger partial charge in [0.05, 0.1) is 14.2 Å². The number of H-pyrrole nitrogens is 1. The smallest absolute Gasteiger partial charge is 0.333 e. The molecule has 0 spiro atoms. The molecular formula is C18H17BrN2O3. The van der Waals surface area contributed by atoms with Crippen LogP contribution in [0.25, 0.3) is 10.9 Å². The van der Waals surface area contributed by atoms with Gasteiger partial charge in [0.15, 0.2) is 6.04 Å². The minimum Gasteiger partial charge on any atom is -0.497 e. The summed E-state index contributed by atoms with van der Waals surface area (Å²) in [4.78, 5) is 15.5. The second-order valence-corrected chi connectivity index (χ2v) is 6.18. The van der Waals surface area contributed by atoms with Crippen molar-refractivity contribution in [2.45, 2.75) is 6.04 Å². The predicted octanol–water partition coefficient (Wildman–Crippen LogP) is 4.27. The summed E-state index contributed by atoms with van der Waals surface area (Å²) in [6.45, 7) is 0. The van der Waals surface area contributed by atoms with Gasteiger partial charge in [0, 0.05) is 32.8 Å². The van der Waals surface area contributed by atoms with Crippen LogP contribution in [0.3, 0.4) is 0 Å². The number of halogens is 1. The van der Waals surface area contributed by atoms with Crippen LogP contribution < -0.4 is 10.1 Å². The molecule has 0 fully saturated rings. The lowest BCUT2D eigenvalue weighted by atomic mass is 10.1. The number of aromatic nitrogens is 1. The van der Waals surface area contributed by atoms with E-state index >= 15 is 0 Å². The number of hydrogen-bond acceptors (Lipinski definition) is 4. The first-order chi connectivity index (χ1) is 11.6. The number of carbonyl (C=O) groups is 1. The third-order valence-electron chi connectivity index (χ3n) is 3.82. The summed E-state index contributed by atoms with van der Waals surface area (Å²) < 4.78 is 11.1. The summed E-state index contributed by atoms with van der Waals surface area (Å²) in [7, 11) is 3.00. The third kappa shape index (κ3) is 3.23. The minimum absolute atomic E-state index is 0.355. The molecule has 6 heteroatoms. The Labute approximate surface area is 148 Å². The summed E-state index contributed by atoms with van der Waals surface area (Å²) in [6.07, 6.45) is 1.83. The standard InChI is InChI=1S/C18H17BrN2O3/c1-23-13-6-4-12(5-7-13)21-17(18(22)24-2)15-10-20-16-8-3-11(19)9-14(15)16/h3-10,17,20-21H,1-2H3. The second-order valence-electron chi connectivity index (χ2n) is 5.26. The number of benzene rings is 2. The first-order valence-corrected chi connectivity index (χ1v) is 8.16. The van der Waals surface area contributed by atoms with Crippen molar-refractivity contribution >= 4 is 38.5 Å². The number of aromatic amines is 1. The van der Waals surface area contributed by atoms with Crippen LogP contribution >= 0.6 is 15.9 Å². The Morgan fingerprint density at radius 3 is 2.58 bits per heavy atom. The van der Waals surface area contributed by atoms with E-state index in [1.165, 1.54) is 7.11 Å². The van der Waals surface area contributed by atoms with Crippen LogP contribution in [-0.2, 0) is 9.53 Å². The Morgan fingerprint density at radius 1 is 1.17 bits per heavy atom. The molecule has 0 amide bonds. The lowest BCUT2D eigenvalue weighted by Crippen LogP contribution is -2.22. The van der Waals surface area contributed by atoms with Crippen molar-refractivity contribution in [2.75, 3.05) is 19.5 Å². The second kappa shape index (κ2) is 6.97. The van der Waals surface area contributed by atoms with Gasteiger partial charge in [-0.1, -0.05) is 15.9 Å². The van der Waals surface area contributed by atoms with E-state index in [9.17, 15) is 4.79 Å². The number of nitrogens with one attached hydrogen (secondary N) is 2. The summed E-state index contributed by atoms with van der Waals surface area (Å²) in [5.74, 6) is 0.401. The molecule has 2 N–H and O–H groups in total. The molecule has 5 nitrogen and oxygen atoms in total. The van der Waals surface area contributed by atoms with E-state index in [2.05, 4.69) is 26.2 Å². The van der Waals surface area contributed by atoms with E-state index in [0.717, 1.165) is 32.4 Å². The molecule has 24 heavy (non-hydrogen) atoms. The highest BCUT2D eigenvalue weighted by molar-refractivity contribution is 9.10. The molecule has 0 saturated carbocycles. The van der Waals surface area contributed by atoms with Crippen molar-refractivity contribution in [3.05, 3.63) is 58.7 Å². The van der Waals surface area contributed by atoms with Crippen molar-refractivity contribution in [3.63, 3.8) is 0 Å². The maximum atomic E-state index is 12.3. The number of rotatable bonds is 5. The average molecular weight is 389 g/mol. The number of anilines is 1. The van der Waals surface area contributed by atoms with Crippen LogP contribution in [0.1, 0.15) is 11.6 Å². The normalized spacial score (nSPS) is 12.0. The van der Waals surface area contributed by atoms with E-state index < -0.39 is 6.04 Å². The predicted molar refractivity (Wildman–Crippen MR) is 97.4 cm³/mol. The molecule has 1 unspecified atom stereocenters. The van der Waals surface area contributed by atoms with Gasteiger partial charge in [0.1, 0.15) is 5.75 Å². The van der Waals surface area contributed by atoms with Crippen LogP contribution in [-0.4, -0.2) is 25.2 Å². The van der Waals surface area contributed by atoms with Gasteiger partial charge in [-0.05, 0) is 42.5 Å². The quantitative estimate of drug-likeness (QED) is 0.640. The van der Waals surface area contributed by atoms with Crippen molar-refractivity contribution in [3.8, 4) is 5.75 Å². The van der Waals surface area contributed by atoms with Crippen LogP contribution in [0, 0.1) is 0 Å². The molecule has 0 aliphatic rings. The van der Waals surface area contributed by atoms with E-state index in [-0.39, 0.29) is 5.97 Å². The van der Waals surface area contributed by atoms with Crippen LogP contribution in [0.15, 0.2) is 53.1 Å². The molecule has 1 atom stereocenters. The van der Waals surface area contributed by atoms with Crippen molar-refractivity contribution in [2.24, 2.45) is 0 Å². The maximum absolute atomic E-state index is 12.3. The number of hydrogen-bond donors (Lipinski definition) is 2. The average Bonchev–Trinajstić information content (AvgIpc) is 3.02. The first kappa shape index (κ1) is 16.4. The van der Waals surface area contributed by atoms with Crippen LogP contribution in [0.4, 0.5) is 5.69 Å². The Bertz CT molecular complexity index is 858. The summed E-state index contributed by atoms with van der Waals surface area (Å²) >= 11 is 3.47. The molecule has 2 aromatic carbocycles. The first-order valence-electron chi connectivity index (χ1n) is 7.37. The Morgan fingerprint density at radius 2 is 1.92 bits per heavy atom.